The van der Waals surface area contributed by atoms with Gasteiger partial charge < -0.3 is 10.1 Å². The standard InChI is InChI=1S/C21H21NO/c1-15(17-11-10-16-6-2-3-7-18(16)14-17)22-20-12-13-23-21-9-5-4-8-19(20)21/h2-11,14-15,20,22H,12-13H2,1H3. The van der Waals surface area contributed by atoms with Crippen LogP contribution in [0, 0.1) is 0 Å². The van der Waals surface area contributed by atoms with Gasteiger partial charge in [-0.1, -0.05) is 54.6 Å². The van der Waals surface area contributed by atoms with E-state index in [1.54, 1.807) is 0 Å². The highest BCUT2D eigenvalue weighted by Crippen LogP contribution is 2.33. The van der Waals surface area contributed by atoms with Crippen molar-refractivity contribution in [1.29, 1.82) is 0 Å². The minimum atomic E-state index is 0.302. The van der Waals surface area contributed by atoms with Gasteiger partial charge in [-0.15, -0.1) is 0 Å². The van der Waals surface area contributed by atoms with Gasteiger partial charge in [0.05, 0.1) is 6.61 Å². The number of benzene rings is 3. The summed E-state index contributed by atoms with van der Waals surface area (Å²) in [6.45, 7) is 3.02. The lowest BCUT2D eigenvalue weighted by Gasteiger charge is -2.29. The lowest BCUT2D eigenvalue weighted by atomic mass is 9.97. The van der Waals surface area contributed by atoms with E-state index in [2.05, 4.69) is 72.9 Å². The van der Waals surface area contributed by atoms with Crippen LogP contribution in [0.5, 0.6) is 5.75 Å². The van der Waals surface area contributed by atoms with Crippen LogP contribution in [-0.4, -0.2) is 6.61 Å². The molecule has 3 aromatic rings. The fourth-order valence-corrected chi connectivity index (χ4v) is 3.39. The molecule has 0 aromatic heterocycles. The monoisotopic (exact) mass is 303 g/mol. The third kappa shape index (κ3) is 2.82. The summed E-state index contributed by atoms with van der Waals surface area (Å²) >= 11 is 0. The Morgan fingerprint density at radius 1 is 0.957 bits per heavy atom. The van der Waals surface area contributed by atoms with Crippen LogP contribution < -0.4 is 10.1 Å². The van der Waals surface area contributed by atoms with Crippen molar-refractivity contribution < 1.29 is 4.74 Å². The molecule has 2 atom stereocenters. The van der Waals surface area contributed by atoms with Gasteiger partial charge in [0.15, 0.2) is 0 Å². The quantitative estimate of drug-likeness (QED) is 0.734. The van der Waals surface area contributed by atoms with E-state index in [-0.39, 0.29) is 0 Å². The maximum absolute atomic E-state index is 5.76. The van der Waals surface area contributed by atoms with E-state index in [1.165, 1.54) is 21.9 Å². The molecule has 0 bridgehead atoms. The van der Waals surface area contributed by atoms with E-state index in [0.717, 1.165) is 18.8 Å². The number of rotatable bonds is 3. The molecule has 0 radical (unpaired) electrons. The van der Waals surface area contributed by atoms with Crippen molar-refractivity contribution in [2.45, 2.75) is 25.4 Å². The number of nitrogens with one attached hydrogen (secondary N) is 1. The maximum Gasteiger partial charge on any atom is 0.124 e. The van der Waals surface area contributed by atoms with E-state index < -0.39 is 0 Å². The molecule has 1 aliphatic rings. The molecule has 0 saturated carbocycles. The zero-order valence-corrected chi connectivity index (χ0v) is 13.3. The van der Waals surface area contributed by atoms with Crippen LogP contribution in [0.25, 0.3) is 10.8 Å². The van der Waals surface area contributed by atoms with Gasteiger partial charge in [0.2, 0.25) is 0 Å². The van der Waals surface area contributed by atoms with E-state index in [0.29, 0.717) is 12.1 Å². The van der Waals surface area contributed by atoms with Gasteiger partial charge in [0.25, 0.3) is 0 Å². The number of fused-ring (bicyclic) bond motifs is 2. The summed E-state index contributed by atoms with van der Waals surface area (Å²) in [5.41, 5.74) is 2.60. The Kier molecular flexibility index (Phi) is 3.76. The van der Waals surface area contributed by atoms with E-state index in [4.69, 9.17) is 4.74 Å². The number of hydrogen-bond donors (Lipinski definition) is 1. The molecule has 3 aromatic carbocycles. The summed E-state index contributed by atoms with van der Waals surface area (Å²) < 4.78 is 5.76. The SMILES string of the molecule is CC(NC1CCOc2ccccc21)c1ccc2ccccc2c1. The lowest BCUT2D eigenvalue weighted by molar-refractivity contribution is 0.246. The highest BCUT2D eigenvalue weighted by Gasteiger charge is 2.22. The largest absolute Gasteiger partial charge is 0.493 e. The summed E-state index contributed by atoms with van der Waals surface area (Å²) in [6.07, 6.45) is 1.01. The van der Waals surface area contributed by atoms with Gasteiger partial charge in [-0.2, -0.15) is 0 Å². The van der Waals surface area contributed by atoms with Gasteiger partial charge in [-0.25, -0.2) is 0 Å². The van der Waals surface area contributed by atoms with Gasteiger partial charge in [0.1, 0.15) is 5.75 Å². The topological polar surface area (TPSA) is 21.3 Å². The van der Waals surface area contributed by atoms with Crippen LogP contribution in [0.3, 0.4) is 0 Å². The number of hydrogen-bond acceptors (Lipinski definition) is 2. The summed E-state index contributed by atoms with van der Waals surface area (Å²) in [7, 11) is 0. The van der Waals surface area contributed by atoms with Crippen LogP contribution in [0.1, 0.15) is 36.6 Å². The smallest absolute Gasteiger partial charge is 0.124 e. The molecule has 2 unspecified atom stereocenters. The Bertz CT molecular complexity index is 827. The van der Waals surface area contributed by atoms with Crippen LogP contribution >= 0.6 is 0 Å². The average molecular weight is 303 g/mol. The summed E-state index contributed by atoms with van der Waals surface area (Å²) in [5, 5.41) is 6.36. The summed E-state index contributed by atoms with van der Waals surface area (Å²) in [6, 6.07) is 24.2. The highest BCUT2D eigenvalue weighted by molar-refractivity contribution is 5.83. The number of ether oxygens (including phenoxy) is 1. The average Bonchev–Trinajstić information content (AvgIpc) is 2.61. The van der Waals surface area contributed by atoms with Gasteiger partial charge in [-0.3, -0.25) is 0 Å². The molecule has 0 fully saturated rings. The molecule has 0 saturated heterocycles. The Morgan fingerprint density at radius 3 is 2.65 bits per heavy atom. The van der Waals surface area contributed by atoms with Crippen LogP contribution in [-0.2, 0) is 0 Å². The molecule has 4 rings (SSSR count). The summed E-state index contributed by atoms with van der Waals surface area (Å²) in [4.78, 5) is 0. The van der Waals surface area contributed by atoms with Crippen molar-refractivity contribution in [2.75, 3.05) is 6.61 Å². The first kappa shape index (κ1) is 14.3. The first-order chi connectivity index (χ1) is 11.3. The summed E-state index contributed by atoms with van der Waals surface area (Å²) in [5.74, 6) is 1.02. The zero-order valence-electron chi connectivity index (χ0n) is 13.3. The molecule has 2 nitrogen and oxygen atoms in total. The third-order valence-electron chi connectivity index (χ3n) is 4.68. The van der Waals surface area contributed by atoms with Crippen molar-refractivity contribution in [3.63, 3.8) is 0 Å². The molecule has 2 heteroatoms. The van der Waals surface area contributed by atoms with Crippen molar-refractivity contribution in [1.82, 2.24) is 5.32 Å². The molecule has 0 amide bonds. The Hall–Kier alpha value is -2.32. The first-order valence-electron chi connectivity index (χ1n) is 8.28. The molecule has 0 aliphatic carbocycles. The molecular formula is C21H21NO. The molecule has 0 spiro atoms. The van der Waals surface area contributed by atoms with Gasteiger partial charge in [0, 0.05) is 24.1 Å². The van der Waals surface area contributed by atoms with Crippen molar-refractivity contribution in [3.05, 3.63) is 77.9 Å². The molecule has 1 heterocycles. The van der Waals surface area contributed by atoms with Crippen LogP contribution in [0.2, 0.25) is 0 Å². The maximum atomic E-state index is 5.76. The molecule has 1 N–H and O–H groups in total. The minimum Gasteiger partial charge on any atom is -0.493 e. The van der Waals surface area contributed by atoms with Crippen molar-refractivity contribution in [2.24, 2.45) is 0 Å². The van der Waals surface area contributed by atoms with E-state index in [9.17, 15) is 0 Å². The fourth-order valence-electron chi connectivity index (χ4n) is 3.39. The van der Waals surface area contributed by atoms with E-state index in [1.807, 2.05) is 6.07 Å². The van der Waals surface area contributed by atoms with Crippen molar-refractivity contribution in [3.8, 4) is 5.75 Å². The van der Waals surface area contributed by atoms with E-state index >= 15 is 0 Å². The normalized spacial score (nSPS) is 18.2. The zero-order chi connectivity index (χ0) is 15.6. The Labute approximate surface area is 137 Å². The van der Waals surface area contributed by atoms with Crippen LogP contribution in [0.15, 0.2) is 66.7 Å². The van der Waals surface area contributed by atoms with Crippen LogP contribution in [0.4, 0.5) is 0 Å². The molecule has 23 heavy (non-hydrogen) atoms. The fraction of sp³-hybridized carbons (Fsp3) is 0.238. The van der Waals surface area contributed by atoms with Gasteiger partial charge in [-0.05, 0) is 35.4 Å². The molecular weight excluding hydrogens is 282 g/mol. The second kappa shape index (κ2) is 6.05. The second-order valence-corrected chi connectivity index (χ2v) is 6.22. The molecule has 116 valence electrons. The minimum absolute atomic E-state index is 0.302. The second-order valence-electron chi connectivity index (χ2n) is 6.22. The first-order valence-corrected chi connectivity index (χ1v) is 8.28. The predicted octanol–water partition coefficient (Wildman–Crippen LogP) is 5.01. The Morgan fingerprint density at radius 2 is 1.74 bits per heavy atom. The Balaban J connectivity index is 1.59. The number of para-hydroxylation sites is 1. The van der Waals surface area contributed by atoms with Crippen molar-refractivity contribution >= 4 is 10.8 Å². The highest BCUT2D eigenvalue weighted by atomic mass is 16.5. The molecule has 1 aliphatic heterocycles. The third-order valence-corrected chi connectivity index (χ3v) is 4.68. The van der Waals surface area contributed by atoms with Gasteiger partial charge >= 0.3 is 0 Å². The predicted molar refractivity (Wildman–Crippen MR) is 94.8 cm³/mol. The lowest BCUT2D eigenvalue weighted by Crippen LogP contribution is -2.29.